The Labute approximate surface area is 99.7 Å². The van der Waals surface area contributed by atoms with E-state index in [2.05, 4.69) is 0 Å². The molecule has 0 spiro atoms. The van der Waals surface area contributed by atoms with Gasteiger partial charge in [-0.1, -0.05) is 12.1 Å². The van der Waals surface area contributed by atoms with E-state index in [1.54, 1.807) is 12.1 Å². The van der Waals surface area contributed by atoms with Crippen LogP contribution in [0.4, 0.5) is 0 Å². The third-order valence-electron chi connectivity index (χ3n) is 1.49. The molecule has 0 aliphatic heterocycles. The van der Waals surface area contributed by atoms with E-state index in [9.17, 15) is 8.42 Å². The van der Waals surface area contributed by atoms with Crippen molar-refractivity contribution in [3.63, 3.8) is 0 Å². The second-order valence-corrected chi connectivity index (χ2v) is 3.95. The quantitative estimate of drug-likeness (QED) is 0.638. The summed E-state index contributed by atoms with van der Waals surface area (Å²) in [6, 6.07) is 6.16. The zero-order valence-electron chi connectivity index (χ0n) is 7.40. The molecule has 6 heteroatoms. The van der Waals surface area contributed by atoms with E-state index in [0.717, 1.165) is 5.56 Å². The summed E-state index contributed by atoms with van der Waals surface area (Å²) in [6.45, 7) is 0.394. The van der Waals surface area contributed by atoms with Gasteiger partial charge in [0, 0.05) is 36.1 Å². The van der Waals surface area contributed by atoms with Gasteiger partial charge in [-0.3, -0.25) is 0 Å². The summed E-state index contributed by atoms with van der Waals surface area (Å²) in [7, 11) is -3.57. The van der Waals surface area contributed by atoms with Crippen LogP contribution >= 0.6 is 0 Å². The summed E-state index contributed by atoms with van der Waals surface area (Å²) in [5.41, 5.74) is 6.21. The van der Waals surface area contributed by atoms with Gasteiger partial charge in [-0.15, -0.1) is 0 Å². The predicted octanol–water partition coefficient (Wildman–Crippen LogP) is -0.588. The second-order valence-electron chi connectivity index (χ2n) is 2.39. The molecule has 0 aliphatic rings. The maximum atomic E-state index is 10.8. The SMILES string of the molecule is NCc1ccc(S(N)(=O)=O)cc1.[Na]. The first-order chi connectivity index (χ1) is 5.54. The van der Waals surface area contributed by atoms with Crippen LogP contribution in [0, 0.1) is 0 Å². The van der Waals surface area contributed by atoms with Gasteiger partial charge < -0.3 is 5.73 Å². The molecule has 1 rings (SSSR count). The molecule has 0 bridgehead atoms. The van der Waals surface area contributed by atoms with Crippen LogP contribution in [-0.4, -0.2) is 38.0 Å². The van der Waals surface area contributed by atoms with Gasteiger partial charge in [0.05, 0.1) is 4.90 Å². The molecule has 67 valence electrons. The minimum absolute atomic E-state index is 0. The Morgan fingerprint density at radius 2 is 1.62 bits per heavy atom. The third-order valence-corrected chi connectivity index (χ3v) is 2.42. The Morgan fingerprint density at radius 1 is 1.15 bits per heavy atom. The van der Waals surface area contributed by atoms with E-state index in [4.69, 9.17) is 10.9 Å². The normalized spacial score (nSPS) is 10.6. The largest absolute Gasteiger partial charge is 0.326 e. The maximum absolute atomic E-state index is 10.8. The van der Waals surface area contributed by atoms with Crippen molar-refractivity contribution in [3.8, 4) is 0 Å². The molecule has 1 radical (unpaired) electrons. The first kappa shape index (κ1) is 13.1. The Hall–Kier alpha value is 0.0900. The van der Waals surface area contributed by atoms with Gasteiger partial charge in [0.1, 0.15) is 0 Å². The monoisotopic (exact) mass is 209 g/mol. The molecule has 0 fully saturated rings. The zero-order chi connectivity index (χ0) is 9.19. The van der Waals surface area contributed by atoms with Gasteiger partial charge in [-0.2, -0.15) is 0 Å². The molecule has 0 aliphatic carbocycles. The minimum Gasteiger partial charge on any atom is -0.326 e. The van der Waals surface area contributed by atoms with Crippen molar-refractivity contribution in [2.75, 3.05) is 0 Å². The Morgan fingerprint density at radius 3 is 1.92 bits per heavy atom. The van der Waals surface area contributed by atoms with Crippen molar-refractivity contribution < 1.29 is 8.42 Å². The molecule has 1 aromatic rings. The summed E-state index contributed by atoms with van der Waals surface area (Å²) >= 11 is 0. The van der Waals surface area contributed by atoms with E-state index < -0.39 is 10.0 Å². The molecule has 0 amide bonds. The van der Waals surface area contributed by atoms with Crippen molar-refractivity contribution in [2.45, 2.75) is 11.4 Å². The van der Waals surface area contributed by atoms with E-state index in [1.807, 2.05) is 0 Å². The number of benzene rings is 1. The van der Waals surface area contributed by atoms with Crippen molar-refractivity contribution in [1.82, 2.24) is 0 Å². The number of nitrogens with two attached hydrogens (primary N) is 2. The van der Waals surface area contributed by atoms with Gasteiger partial charge in [-0.05, 0) is 17.7 Å². The number of primary sulfonamides is 1. The maximum Gasteiger partial charge on any atom is 0.238 e. The molecule has 4 N–H and O–H groups in total. The van der Waals surface area contributed by atoms with Gasteiger partial charge in [0.2, 0.25) is 10.0 Å². The summed E-state index contributed by atoms with van der Waals surface area (Å²) in [5.74, 6) is 0. The number of hydrogen-bond donors (Lipinski definition) is 2. The van der Waals surface area contributed by atoms with Gasteiger partial charge in [0.25, 0.3) is 0 Å². The second kappa shape index (κ2) is 5.09. The topological polar surface area (TPSA) is 86.2 Å². The molecule has 1 aromatic carbocycles. The van der Waals surface area contributed by atoms with Crippen LogP contribution in [0.3, 0.4) is 0 Å². The average Bonchev–Trinajstić information content (AvgIpc) is 2.03. The van der Waals surface area contributed by atoms with Crippen LogP contribution in [0.5, 0.6) is 0 Å². The molecular formula is C7H10N2NaO2S. The summed E-state index contributed by atoms with van der Waals surface area (Å²) in [5, 5.41) is 4.89. The van der Waals surface area contributed by atoms with Crippen LogP contribution in [0.15, 0.2) is 29.2 Å². The molecule has 13 heavy (non-hydrogen) atoms. The van der Waals surface area contributed by atoms with E-state index in [0.29, 0.717) is 6.54 Å². The third kappa shape index (κ3) is 3.76. The Balaban J connectivity index is 0.00000144. The Kier molecular flexibility index (Phi) is 5.13. The van der Waals surface area contributed by atoms with Gasteiger partial charge in [-0.25, -0.2) is 13.6 Å². The van der Waals surface area contributed by atoms with E-state index >= 15 is 0 Å². The summed E-state index contributed by atoms with van der Waals surface area (Å²) in [4.78, 5) is 0.111. The Bertz CT molecular complexity index is 361. The first-order valence-electron chi connectivity index (χ1n) is 3.36. The molecular weight excluding hydrogens is 199 g/mol. The van der Waals surface area contributed by atoms with Crippen molar-refractivity contribution >= 4 is 39.6 Å². The molecule has 0 atom stereocenters. The fraction of sp³-hybridized carbons (Fsp3) is 0.143. The molecule has 0 heterocycles. The minimum atomic E-state index is -3.57. The zero-order valence-corrected chi connectivity index (χ0v) is 10.2. The smallest absolute Gasteiger partial charge is 0.238 e. The standard InChI is InChI=1S/C7H10N2O2S.Na/c8-5-6-1-3-7(4-2-6)12(9,10)11;/h1-4H,5,8H2,(H2,9,10,11);. The van der Waals surface area contributed by atoms with Gasteiger partial charge in [0.15, 0.2) is 0 Å². The van der Waals surface area contributed by atoms with Crippen LogP contribution in [0.2, 0.25) is 0 Å². The van der Waals surface area contributed by atoms with Crippen LogP contribution in [0.25, 0.3) is 0 Å². The van der Waals surface area contributed by atoms with E-state index in [-0.39, 0.29) is 34.5 Å². The van der Waals surface area contributed by atoms with Crippen molar-refractivity contribution in [1.29, 1.82) is 0 Å². The number of sulfonamides is 1. The van der Waals surface area contributed by atoms with Crippen LogP contribution < -0.4 is 10.9 Å². The predicted molar refractivity (Wildman–Crippen MR) is 51.5 cm³/mol. The summed E-state index contributed by atoms with van der Waals surface area (Å²) in [6.07, 6.45) is 0. The van der Waals surface area contributed by atoms with Crippen LogP contribution in [-0.2, 0) is 16.6 Å². The average molecular weight is 209 g/mol. The van der Waals surface area contributed by atoms with E-state index in [1.165, 1.54) is 12.1 Å². The number of rotatable bonds is 2. The summed E-state index contributed by atoms with van der Waals surface area (Å²) < 4.78 is 21.6. The molecule has 0 saturated heterocycles. The fourth-order valence-corrected chi connectivity index (χ4v) is 1.33. The van der Waals surface area contributed by atoms with Crippen molar-refractivity contribution in [2.24, 2.45) is 10.9 Å². The molecule has 0 saturated carbocycles. The molecule has 4 nitrogen and oxygen atoms in total. The van der Waals surface area contributed by atoms with Crippen molar-refractivity contribution in [3.05, 3.63) is 29.8 Å². The van der Waals surface area contributed by atoms with Crippen LogP contribution in [0.1, 0.15) is 5.56 Å². The fourth-order valence-electron chi connectivity index (χ4n) is 0.815. The number of hydrogen-bond acceptors (Lipinski definition) is 3. The molecule has 0 aromatic heterocycles. The first-order valence-corrected chi connectivity index (χ1v) is 4.90. The van der Waals surface area contributed by atoms with Gasteiger partial charge >= 0.3 is 0 Å². The molecule has 0 unspecified atom stereocenters.